The summed E-state index contributed by atoms with van der Waals surface area (Å²) in [4.78, 5) is 11.5. The number of aliphatic hydroxyl groups excluding tert-OH is 1. The number of esters is 1. The van der Waals surface area contributed by atoms with Crippen molar-refractivity contribution < 1.29 is 14.6 Å². The predicted molar refractivity (Wildman–Crippen MR) is 69.9 cm³/mol. The van der Waals surface area contributed by atoms with Crippen LogP contribution < -0.4 is 0 Å². The number of ether oxygens (including phenoxy) is 1. The van der Waals surface area contributed by atoms with Crippen LogP contribution in [0.4, 0.5) is 0 Å². The van der Waals surface area contributed by atoms with Gasteiger partial charge in [0.25, 0.3) is 0 Å². The summed E-state index contributed by atoms with van der Waals surface area (Å²) in [7, 11) is 0. The normalized spacial score (nSPS) is 40.8. The highest BCUT2D eigenvalue weighted by molar-refractivity contribution is 5.82. The number of aliphatic hydroxyl groups is 1. The Labute approximate surface area is 109 Å². The van der Waals surface area contributed by atoms with Crippen molar-refractivity contribution >= 4 is 5.97 Å². The summed E-state index contributed by atoms with van der Waals surface area (Å²) in [5.74, 6) is -0.00876. The summed E-state index contributed by atoms with van der Waals surface area (Å²) < 4.78 is 4.94. The summed E-state index contributed by atoms with van der Waals surface area (Å²) in [5, 5.41) is 9.65. The van der Waals surface area contributed by atoms with Crippen molar-refractivity contribution in [2.75, 3.05) is 13.2 Å². The van der Waals surface area contributed by atoms with Gasteiger partial charge in [0.1, 0.15) is 0 Å². The Morgan fingerprint density at radius 1 is 1.39 bits per heavy atom. The van der Waals surface area contributed by atoms with Crippen LogP contribution in [0.3, 0.4) is 0 Å². The van der Waals surface area contributed by atoms with Gasteiger partial charge in [-0.3, -0.25) is 0 Å². The molecule has 0 heterocycles. The molecule has 0 spiro atoms. The van der Waals surface area contributed by atoms with Gasteiger partial charge in [0.15, 0.2) is 0 Å². The van der Waals surface area contributed by atoms with Crippen LogP contribution in [-0.2, 0) is 9.53 Å². The Morgan fingerprint density at radius 3 is 2.56 bits per heavy atom. The predicted octanol–water partition coefficient (Wildman–Crippen LogP) is 2.54. The van der Waals surface area contributed by atoms with E-state index in [1.54, 1.807) is 13.0 Å². The van der Waals surface area contributed by atoms with Gasteiger partial charge in [-0.05, 0) is 41.9 Å². The van der Waals surface area contributed by atoms with Gasteiger partial charge in [-0.2, -0.15) is 0 Å². The van der Waals surface area contributed by atoms with Crippen molar-refractivity contribution in [2.45, 2.75) is 40.5 Å². The van der Waals surface area contributed by atoms with Crippen LogP contribution in [0.1, 0.15) is 40.5 Å². The Balaban J connectivity index is 2.23. The number of allylic oxidation sites excluding steroid dienone is 1. The maximum absolute atomic E-state index is 11.5. The van der Waals surface area contributed by atoms with E-state index in [-0.39, 0.29) is 34.7 Å². The SMILES string of the molecule is CCOC(=O)C=CC12CC[C@](C)([C@@H]1CO)C2(C)C. The third-order valence-corrected chi connectivity index (χ3v) is 6.03. The maximum Gasteiger partial charge on any atom is 0.330 e. The van der Waals surface area contributed by atoms with Crippen molar-refractivity contribution in [1.82, 2.24) is 0 Å². The molecule has 1 unspecified atom stereocenters. The molecule has 102 valence electrons. The molecule has 0 amide bonds. The van der Waals surface area contributed by atoms with E-state index in [1.165, 1.54) is 0 Å². The maximum atomic E-state index is 11.5. The quantitative estimate of drug-likeness (QED) is 0.618. The van der Waals surface area contributed by atoms with Crippen LogP contribution in [0.2, 0.25) is 0 Å². The number of fused-ring (bicyclic) bond motifs is 1. The van der Waals surface area contributed by atoms with E-state index in [0.29, 0.717) is 6.61 Å². The highest BCUT2D eigenvalue weighted by atomic mass is 16.5. The Bertz CT molecular complexity index is 385. The lowest BCUT2D eigenvalue weighted by Crippen LogP contribution is -2.63. The fourth-order valence-corrected chi connectivity index (χ4v) is 4.51. The molecule has 3 fully saturated rings. The van der Waals surface area contributed by atoms with Gasteiger partial charge in [0.2, 0.25) is 0 Å². The van der Waals surface area contributed by atoms with Crippen molar-refractivity contribution in [1.29, 1.82) is 0 Å². The Hall–Kier alpha value is -0.830. The fourth-order valence-electron chi connectivity index (χ4n) is 4.51. The Morgan fingerprint density at radius 2 is 2.06 bits per heavy atom. The van der Waals surface area contributed by atoms with E-state index in [4.69, 9.17) is 4.74 Å². The van der Waals surface area contributed by atoms with Gasteiger partial charge in [0.05, 0.1) is 6.61 Å². The van der Waals surface area contributed by atoms with Crippen LogP contribution >= 0.6 is 0 Å². The van der Waals surface area contributed by atoms with Gasteiger partial charge in [-0.25, -0.2) is 4.79 Å². The number of carbonyl (C=O) groups is 1. The third-order valence-electron chi connectivity index (χ3n) is 6.03. The molecule has 0 aromatic heterocycles. The number of hydrogen-bond acceptors (Lipinski definition) is 3. The molecule has 0 aliphatic heterocycles. The molecule has 3 aliphatic carbocycles. The van der Waals surface area contributed by atoms with Crippen LogP contribution in [-0.4, -0.2) is 24.3 Å². The first kappa shape index (κ1) is 13.6. The van der Waals surface area contributed by atoms with Gasteiger partial charge in [-0.15, -0.1) is 0 Å². The molecule has 2 bridgehead atoms. The van der Waals surface area contributed by atoms with Gasteiger partial charge in [0, 0.05) is 12.7 Å². The third kappa shape index (κ3) is 1.37. The zero-order valence-electron chi connectivity index (χ0n) is 11.8. The minimum absolute atomic E-state index is 0.0384. The lowest BCUT2D eigenvalue weighted by molar-refractivity contribution is -0.183. The number of rotatable bonds is 4. The monoisotopic (exact) mass is 252 g/mol. The van der Waals surface area contributed by atoms with E-state index in [2.05, 4.69) is 20.8 Å². The zero-order chi connectivity index (χ0) is 13.6. The first-order valence-corrected chi connectivity index (χ1v) is 6.82. The molecule has 3 nitrogen and oxygen atoms in total. The zero-order valence-corrected chi connectivity index (χ0v) is 11.8. The molecule has 0 aromatic carbocycles. The molecule has 0 aromatic rings. The molecule has 3 heteroatoms. The summed E-state index contributed by atoms with van der Waals surface area (Å²) in [5.41, 5.74) is 0.292. The summed E-state index contributed by atoms with van der Waals surface area (Å²) in [6.45, 7) is 9.18. The molecule has 0 saturated heterocycles. The average Bonchev–Trinajstić information content (AvgIpc) is 2.72. The van der Waals surface area contributed by atoms with Gasteiger partial charge < -0.3 is 9.84 Å². The van der Waals surface area contributed by atoms with E-state index in [1.807, 2.05) is 6.08 Å². The van der Waals surface area contributed by atoms with E-state index >= 15 is 0 Å². The minimum atomic E-state index is -0.278. The van der Waals surface area contributed by atoms with Crippen LogP contribution in [0, 0.1) is 22.2 Å². The molecule has 18 heavy (non-hydrogen) atoms. The molecule has 3 atom stereocenters. The first-order chi connectivity index (χ1) is 8.35. The van der Waals surface area contributed by atoms with E-state index in [9.17, 15) is 9.90 Å². The number of hydrogen-bond donors (Lipinski definition) is 1. The molecule has 0 radical (unpaired) electrons. The smallest absolute Gasteiger partial charge is 0.330 e. The van der Waals surface area contributed by atoms with Crippen molar-refractivity contribution in [3.8, 4) is 0 Å². The summed E-state index contributed by atoms with van der Waals surface area (Å²) in [6.07, 6.45) is 5.73. The van der Waals surface area contributed by atoms with Crippen molar-refractivity contribution in [2.24, 2.45) is 22.2 Å². The second-order valence-corrected chi connectivity index (χ2v) is 6.40. The molecular weight excluding hydrogens is 228 g/mol. The molecule has 3 rings (SSSR count). The minimum Gasteiger partial charge on any atom is -0.463 e. The van der Waals surface area contributed by atoms with Gasteiger partial charge in [-0.1, -0.05) is 26.8 Å². The molecular formula is C15H24O3. The molecule has 3 saturated carbocycles. The standard InChI is InChI=1S/C15H24O3/c1-5-18-12(17)6-7-15-9-8-14(4,11(15)10-16)13(15,2)3/h6-7,11,16H,5,8-10H2,1-4H3/t11-,14+,15?/m0/s1. The summed E-state index contributed by atoms with van der Waals surface area (Å²) in [6, 6.07) is 0. The van der Waals surface area contributed by atoms with Crippen LogP contribution in [0.25, 0.3) is 0 Å². The summed E-state index contributed by atoms with van der Waals surface area (Å²) >= 11 is 0. The average molecular weight is 252 g/mol. The van der Waals surface area contributed by atoms with Gasteiger partial charge >= 0.3 is 5.97 Å². The molecule has 3 aliphatic rings. The van der Waals surface area contributed by atoms with E-state index in [0.717, 1.165) is 12.8 Å². The second-order valence-electron chi connectivity index (χ2n) is 6.40. The number of carbonyl (C=O) groups excluding carboxylic acids is 1. The van der Waals surface area contributed by atoms with E-state index < -0.39 is 0 Å². The lowest BCUT2D eigenvalue weighted by Gasteiger charge is -2.66. The van der Waals surface area contributed by atoms with Crippen LogP contribution in [0.5, 0.6) is 0 Å². The highest BCUT2D eigenvalue weighted by Crippen LogP contribution is 2.81. The van der Waals surface area contributed by atoms with Crippen molar-refractivity contribution in [3.05, 3.63) is 12.2 Å². The topological polar surface area (TPSA) is 46.5 Å². The fraction of sp³-hybridized carbons (Fsp3) is 0.800. The highest BCUT2D eigenvalue weighted by Gasteiger charge is 2.76. The van der Waals surface area contributed by atoms with Crippen LogP contribution in [0.15, 0.2) is 12.2 Å². The Kier molecular flexibility index (Phi) is 3.09. The second kappa shape index (κ2) is 4.09. The largest absolute Gasteiger partial charge is 0.463 e. The van der Waals surface area contributed by atoms with Crippen molar-refractivity contribution in [3.63, 3.8) is 0 Å². The lowest BCUT2D eigenvalue weighted by atomic mass is 9.38. The first-order valence-electron chi connectivity index (χ1n) is 6.82. The molecule has 1 N–H and O–H groups in total.